The summed E-state index contributed by atoms with van der Waals surface area (Å²) in [4.78, 5) is 0. The van der Waals surface area contributed by atoms with E-state index in [1.54, 1.807) is 0 Å². The zero-order chi connectivity index (χ0) is 18.7. The van der Waals surface area contributed by atoms with Gasteiger partial charge in [0.15, 0.2) is 0 Å². The summed E-state index contributed by atoms with van der Waals surface area (Å²) in [6.07, 6.45) is 4.36. The molecule has 0 aliphatic rings. The summed E-state index contributed by atoms with van der Waals surface area (Å²) in [5.41, 5.74) is 2.76. The summed E-state index contributed by atoms with van der Waals surface area (Å²) in [5, 5.41) is 5.33. The molecule has 0 nitrogen and oxygen atoms in total. The van der Waals surface area contributed by atoms with Crippen molar-refractivity contribution in [1.29, 1.82) is 0 Å². The Labute approximate surface area is 162 Å². The maximum atomic E-state index is 4.48. The number of benzene rings is 4. The number of hydrogen-bond acceptors (Lipinski definition) is 0. The van der Waals surface area contributed by atoms with Crippen molar-refractivity contribution in [3.63, 3.8) is 0 Å². The smallest absolute Gasteiger partial charge is 0.0215 e. The van der Waals surface area contributed by atoms with Crippen LogP contribution in [0.1, 0.15) is 43.7 Å². The Morgan fingerprint density at radius 2 is 1.15 bits per heavy atom. The van der Waals surface area contributed by atoms with Gasteiger partial charge in [0, 0.05) is 5.41 Å². The molecule has 0 saturated heterocycles. The van der Waals surface area contributed by atoms with Crippen molar-refractivity contribution in [2.75, 3.05) is 0 Å². The van der Waals surface area contributed by atoms with Crippen LogP contribution in [0.2, 0.25) is 0 Å². The summed E-state index contributed by atoms with van der Waals surface area (Å²) < 4.78 is 0. The molecule has 0 spiro atoms. The number of unbranched alkanes of at least 4 members (excludes halogenated alkanes) is 1. The highest BCUT2D eigenvalue weighted by molar-refractivity contribution is 5.91. The van der Waals surface area contributed by atoms with Crippen LogP contribution in [0.3, 0.4) is 0 Å². The molecular weight excluding hydrogens is 324 g/mol. The van der Waals surface area contributed by atoms with Gasteiger partial charge in [-0.1, -0.05) is 112 Å². The molecular formula is C27H27. The highest BCUT2D eigenvalue weighted by Gasteiger charge is 2.34. The van der Waals surface area contributed by atoms with E-state index in [0.29, 0.717) is 0 Å². The van der Waals surface area contributed by atoms with Crippen molar-refractivity contribution < 1.29 is 0 Å². The molecule has 27 heavy (non-hydrogen) atoms. The van der Waals surface area contributed by atoms with Gasteiger partial charge in [0.25, 0.3) is 0 Å². The SMILES string of the molecule is [CH2]CC(CCCC)(c1cccc2ccccc12)c1cccc2ccccc12. The lowest BCUT2D eigenvalue weighted by Crippen LogP contribution is -2.28. The number of hydrogen-bond donors (Lipinski definition) is 0. The van der Waals surface area contributed by atoms with E-state index >= 15 is 0 Å². The highest BCUT2D eigenvalue weighted by Crippen LogP contribution is 2.45. The Hall–Kier alpha value is -2.60. The fourth-order valence-electron chi connectivity index (χ4n) is 4.57. The van der Waals surface area contributed by atoms with Gasteiger partial charge in [0.05, 0.1) is 0 Å². The van der Waals surface area contributed by atoms with Crippen molar-refractivity contribution in [1.82, 2.24) is 0 Å². The molecule has 0 fully saturated rings. The summed E-state index contributed by atoms with van der Waals surface area (Å²) in [5.74, 6) is 0. The van der Waals surface area contributed by atoms with Crippen molar-refractivity contribution in [2.24, 2.45) is 0 Å². The van der Waals surface area contributed by atoms with E-state index < -0.39 is 0 Å². The molecule has 0 aliphatic carbocycles. The third kappa shape index (κ3) is 3.04. The maximum absolute atomic E-state index is 4.48. The molecule has 0 aromatic heterocycles. The summed E-state index contributed by atoms with van der Waals surface area (Å²) in [6.45, 7) is 6.76. The Morgan fingerprint density at radius 3 is 1.63 bits per heavy atom. The minimum Gasteiger partial charge on any atom is -0.0654 e. The van der Waals surface area contributed by atoms with Crippen LogP contribution in [-0.4, -0.2) is 0 Å². The first-order valence-electron chi connectivity index (χ1n) is 10.1. The maximum Gasteiger partial charge on any atom is 0.0215 e. The first-order valence-corrected chi connectivity index (χ1v) is 10.1. The summed E-state index contributed by atoms with van der Waals surface area (Å²) >= 11 is 0. The van der Waals surface area contributed by atoms with Crippen LogP contribution in [0, 0.1) is 6.92 Å². The zero-order valence-electron chi connectivity index (χ0n) is 16.1. The first kappa shape index (κ1) is 17.8. The average molecular weight is 352 g/mol. The van der Waals surface area contributed by atoms with Crippen molar-refractivity contribution >= 4 is 21.5 Å². The molecule has 0 heteroatoms. The molecule has 4 rings (SSSR count). The fraction of sp³-hybridized carbons (Fsp3) is 0.222. The third-order valence-corrected chi connectivity index (χ3v) is 5.99. The van der Waals surface area contributed by atoms with Gasteiger partial charge in [-0.25, -0.2) is 0 Å². The Balaban J connectivity index is 2.06. The van der Waals surface area contributed by atoms with Crippen molar-refractivity contribution in [2.45, 2.75) is 38.0 Å². The second-order valence-electron chi connectivity index (χ2n) is 7.49. The number of fused-ring (bicyclic) bond motifs is 2. The quantitative estimate of drug-likeness (QED) is 0.334. The van der Waals surface area contributed by atoms with E-state index in [1.807, 2.05) is 0 Å². The largest absolute Gasteiger partial charge is 0.0654 e. The molecule has 4 aromatic rings. The van der Waals surface area contributed by atoms with E-state index in [0.717, 1.165) is 12.8 Å². The average Bonchev–Trinajstić information content (AvgIpc) is 2.74. The van der Waals surface area contributed by atoms with Gasteiger partial charge >= 0.3 is 0 Å². The van der Waals surface area contributed by atoms with Crippen LogP contribution in [0.25, 0.3) is 21.5 Å². The van der Waals surface area contributed by atoms with Crippen LogP contribution >= 0.6 is 0 Å². The molecule has 0 N–H and O–H groups in total. The Morgan fingerprint density at radius 1 is 0.667 bits per heavy atom. The molecule has 0 saturated carbocycles. The molecule has 0 aliphatic heterocycles. The minimum absolute atomic E-state index is 0.0717. The highest BCUT2D eigenvalue weighted by atomic mass is 14.4. The monoisotopic (exact) mass is 351 g/mol. The lowest BCUT2D eigenvalue weighted by atomic mass is 9.67. The van der Waals surface area contributed by atoms with Gasteiger partial charge in [-0.05, 0) is 45.5 Å². The lowest BCUT2D eigenvalue weighted by molar-refractivity contribution is 0.461. The molecule has 0 atom stereocenters. The molecule has 0 unspecified atom stereocenters. The minimum atomic E-state index is -0.0717. The van der Waals surface area contributed by atoms with E-state index in [4.69, 9.17) is 0 Å². The first-order chi connectivity index (χ1) is 13.3. The van der Waals surface area contributed by atoms with Crippen LogP contribution in [-0.2, 0) is 5.41 Å². The Bertz CT molecular complexity index is 968. The van der Waals surface area contributed by atoms with Gasteiger partial charge in [0.1, 0.15) is 0 Å². The summed E-state index contributed by atoms with van der Waals surface area (Å²) in [6, 6.07) is 31.0. The molecule has 4 aromatic carbocycles. The van der Waals surface area contributed by atoms with Gasteiger partial charge in [-0.2, -0.15) is 0 Å². The van der Waals surface area contributed by atoms with E-state index in [-0.39, 0.29) is 5.41 Å². The van der Waals surface area contributed by atoms with Gasteiger partial charge < -0.3 is 0 Å². The zero-order valence-corrected chi connectivity index (χ0v) is 16.1. The van der Waals surface area contributed by atoms with Crippen LogP contribution in [0.5, 0.6) is 0 Å². The topological polar surface area (TPSA) is 0 Å². The normalized spacial score (nSPS) is 11.9. The van der Waals surface area contributed by atoms with Gasteiger partial charge in [-0.3, -0.25) is 0 Å². The van der Waals surface area contributed by atoms with Crippen molar-refractivity contribution in [3.8, 4) is 0 Å². The lowest BCUT2D eigenvalue weighted by Gasteiger charge is -2.36. The van der Waals surface area contributed by atoms with Crippen LogP contribution in [0.4, 0.5) is 0 Å². The van der Waals surface area contributed by atoms with E-state index in [1.165, 1.54) is 45.5 Å². The van der Waals surface area contributed by atoms with E-state index in [2.05, 4.69) is 98.8 Å². The molecule has 0 bridgehead atoms. The van der Waals surface area contributed by atoms with Gasteiger partial charge in [-0.15, -0.1) is 0 Å². The van der Waals surface area contributed by atoms with Crippen molar-refractivity contribution in [3.05, 3.63) is 103 Å². The predicted molar refractivity (Wildman–Crippen MR) is 118 cm³/mol. The molecule has 0 amide bonds. The standard InChI is InChI=1S/C27H27/c1-3-5-20-27(4-2,25-18-10-14-21-12-6-8-16-23(21)25)26-19-11-15-22-13-7-9-17-24(22)26/h6-19H,2-5,20H2,1H3. The predicted octanol–water partition coefficient (Wildman–Crippen LogP) is 7.69. The molecule has 0 heterocycles. The van der Waals surface area contributed by atoms with Gasteiger partial charge in [0.2, 0.25) is 0 Å². The molecule has 1 radical (unpaired) electrons. The van der Waals surface area contributed by atoms with Crippen LogP contribution < -0.4 is 0 Å². The van der Waals surface area contributed by atoms with Crippen LogP contribution in [0.15, 0.2) is 84.9 Å². The number of rotatable bonds is 6. The van der Waals surface area contributed by atoms with E-state index in [9.17, 15) is 0 Å². The second kappa shape index (κ2) is 7.56. The summed E-state index contributed by atoms with van der Waals surface area (Å²) in [7, 11) is 0. The fourth-order valence-corrected chi connectivity index (χ4v) is 4.57. The third-order valence-electron chi connectivity index (χ3n) is 5.99. The molecule has 135 valence electrons. The Kier molecular flexibility index (Phi) is 4.99. The second-order valence-corrected chi connectivity index (χ2v) is 7.49.